The van der Waals surface area contributed by atoms with Crippen LogP contribution in [-0.2, 0) is 16.2 Å². The number of hydrogen-bond acceptors (Lipinski definition) is 4. The average molecular weight is 444 g/mol. The largest absolute Gasteiger partial charge is 0.319 e. The maximum atomic E-state index is 13.3. The first-order valence-electron chi connectivity index (χ1n) is 9.92. The Kier molecular flexibility index (Phi) is 6.42. The van der Waals surface area contributed by atoms with Gasteiger partial charge < -0.3 is 10.2 Å². The predicted octanol–water partition coefficient (Wildman–Crippen LogP) is 3.72. The standard InChI is InChI=1S/C22H26BrN3O2/c23-20-8-4-7-19(15-20)21-25(22(27)18-9-11-24-12-10-18)13-14-26(21)28-16-17-5-2-1-3-6-17/h1-8,15,18,21,24H,9-14,16H2. The molecule has 0 aliphatic carbocycles. The minimum absolute atomic E-state index is 0.102. The Balaban J connectivity index is 1.54. The van der Waals surface area contributed by atoms with Gasteiger partial charge in [0.2, 0.25) is 5.91 Å². The van der Waals surface area contributed by atoms with E-state index < -0.39 is 0 Å². The minimum atomic E-state index is -0.191. The van der Waals surface area contributed by atoms with Gasteiger partial charge in [0.15, 0.2) is 0 Å². The van der Waals surface area contributed by atoms with Gasteiger partial charge in [0.25, 0.3) is 0 Å². The van der Waals surface area contributed by atoms with Gasteiger partial charge in [-0.2, -0.15) is 5.06 Å². The van der Waals surface area contributed by atoms with E-state index in [0.29, 0.717) is 19.7 Å². The molecule has 0 bridgehead atoms. The fourth-order valence-corrected chi connectivity index (χ4v) is 4.44. The number of halogens is 1. The Morgan fingerprint density at radius 1 is 1.07 bits per heavy atom. The van der Waals surface area contributed by atoms with Crippen molar-refractivity contribution in [2.24, 2.45) is 5.92 Å². The van der Waals surface area contributed by atoms with E-state index in [1.54, 1.807) is 0 Å². The molecule has 2 heterocycles. The highest BCUT2D eigenvalue weighted by Gasteiger charge is 2.39. The molecule has 2 aliphatic rings. The molecule has 1 amide bonds. The molecular weight excluding hydrogens is 418 g/mol. The molecule has 2 fully saturated rings. The van der Waals surface area contributed by atoms with Crippen LogP contribution in [0.2, 0.25) is 0 Å². The smallest absolute Gasteiger partial charge is 0.227 e. The van der Waals surface area contributed by atoms with E-state index in [2.05, 4.69) is 45.5 Å². The average Bonchev–Trinajstić information content (AvgIpc) is 3.17. The molecule has 2 aromatic rings. The van der Waals surface area contributed by atoms with Crippen molar-refractivity contribution in [3.8, 4) is 0 Å². The van der Waals surface area contributed by atoms with E-state index in [0.717, 1.165) is 41.5 Å². The van der Waals surface area contributed by atoms with Crippen LogP contribution >= 0.6 is 15.9 Å². The third kappa shape index (κ3) is 4.46. The van der Waals surface area contributed by atoms with Crippen LogP contribution in [0.25, 0.3) is 0 Å². The third-order valence-corrected chi connectivity index (χ3v) is 5.98. The summed E-state index contributed by atoms with van der Waals surface area (Å²) in [4.78, 5) is 21.5. The monoisotopic (exact) mass is 443 g/mol. The van der Waals surface area contributed by atoms with E-state index in [-0.39, 0.29) is 18.0 Å². The normalized spacial score (nSPS) is 21.2. The van der Waals surface area contributed by atoms with Crippen LogP contribution in [0.1, 0.15) is 30.1 Å². The quantitative estimate of drug-likeness (QED) is 0.764. The van der Waals surface area contributed by atoms with Crippen LogP contribution in [0.15, 0.2) is 59.1 Å². The molecule has 2 aromatic carbocycles. The van der Waals surface area contributed by atoms with E-state index >= 15 is 0 Å². The first kappa shape index (κ1) is 19.6. The number of carbonyl (C=O) groups is 1. The molecule has 148 valence electrons. The van der Waals surface area contributed by atoms with Crippen LogP contribution in [-0.4, -0.2) is 42.0 Å². The number of hydroxylamine groups is 2. The summed E-state index contributed by atoms with van der Waals surface area (Å²) in [6.45, 7) is 3.73. The molecule has 0 spiro atoms. The SMILES string of the molecule is O=C(C1CCNCC1)N1CCN(OCc2ccccc2)C1c1cccc(Br)c1. The Morgan fingerprint density at radius 3 is 2.61 bits per heavy atom. The summed E-state index contributed by atoms with van der Waals surface area (Å²) < 4.78 is 1.01. The molecule has 28 heavy (non-hydrogen) atoms. The molecule has 4 rings (SSSR count). The Labute approximate surface area is 174 Å². The first-order chi connectivity index (χ1) is 13.7. The lowest BCUT2D eigenvalue weighted by Gasteiger charge is -2.33. The Bertz CT molecular complexity index is 795. The van der Waals surface area contributed by atoms with Gasteiger partial charge in [-0.3, -0.25) is 9.63 Å². The lowest BCUT2D eigenvalue weighted by molar-refractivity contribution is -0.198. The number of carbonyl (C=O) groups excluding carboxylic acids is 1. The first-order valence-corrected chi connectivity index (χ1v) is 10.7. The zero-order valence-corrected chi connectivity index (χ0v) is 17.5. The van der Waals surface area contributed by atoms with Crippen molar-refractivity contribution in [2.75, 3.05) is 26.2 Å². The molecule has 2 saturated heterocycles. The van der Waals surface area contributed by atoms with Gasteiger partial charge in [-0.1, -0.05) is 58.4 Å². The number of nitrogens with zero attached hydrogens (tertiary/aromatic N) is 2. The third-order valence-electron chi connectivity index (χ3n) is 5.49. The Hall–Kier alpha value is -1.73. The molecule has 5 nitrogen and oxygen atoms in total. The van der Waals surface area contributed by atoms with Crippen LogP contribution in [0.5, 0.6) is 0 Å². The van der Waals surface area contributed by atoms with Crippen molar-refractivity contribution in [1.29, 1.82) is 0 Å². The lowest BCUT2D eigenvalue weighted by Crippen LogP contribution is -2.42. The fraction of sp³-hybridized carbons (Fsp3) is 0.409. The molecule has 0 aromatic heterocycles. The molecular formula is C22H26BrN3O2. The van der Waals surface area contributed by atoms with Gasteiger partial charge in [-0.25, -0.2) is 0 Å². The number of nitrogens with one attached hydrogen (secondary N) is 1. The zero-order chi connectivity index (χ0) is 19.3. The van der Waals surface area contributed by atoms with Crippen molar-refractivity contribution >= 4 is 21.8 Å². The maximum Gasteiger partial charge on any atom is 0.227 e. The van der Waals surface area contributed by atoms with Crippen LogP contribution in [0, 0.1) is 5.92 Å². The number of amides is 1. The molecule has 0 saturated carbocycles. The van der Waals surface area contributed by atoms with Gasteiger partial charge in [-0.15, -0.1) is 0 Å². The van der Waals surface area contributed by atoms with Gasteiger partial charge in [0, 0.05) is 23.5 Å². The van der Waals surface area contributed by atoms with E-state index in [9.17, 15) is 4.79 Å². The second kappa shape index (κ2) is 9.18. The minimum Gasteiger partial charge on any atom is -0.319 e. The summed E-state index contributed by atoms with van der Waals surface area (Å²) >= 11 is 3.57. The van der Waals surface area contributed by atoms with Gasteiger partial charge in [-0.05, 0) is 49.2 Å². The van der Waals surface area contributed by atoms with Crippen LogP contribution in [0.3, 0.4) is 0 Å². The molecule has 1 N–H and O–H groups in total. The number of hydrogen-bond donors (Lipinski definition) is 1. The summed E-state index contributed by atoms with van der Waals surface area (Å²) in [5.41, 5.74) is 2.20. The van der Waals surface area contributed by atoms with E-state index in [4.69, 9.17) is 4.84 Å². The van der Waals surface area contributed by atoms with E-state index in [1.807, 2.05) is 40.3 Å². The van der Waals surface area contributed by atoms with Crippen molar-refractivity contribution in [1.82, 2.24) is 15.3 Å². The second-order valence-electron chi connectivity index (χ2n) is 7.38. The summed E-state index contributed by atoms with van der Waals surface area (Å²) in [7, 11) is 0. The summed E-state index contributed by atoms with van der Waals surface area (Å²) in [5.74, 6) is 0.349. The predicted molar refractivity (Wildman–Crippen MR) is 112 cm³/mol. The molecule has 0 radical (unpaired) electrons. The number of rotatable bonds is 5. The van der Waals surface area contributed by atoms with Crippen molar-refractivity contribution in [3.05, 3.63) is 70.2 Å². The van der Waals surface area contributed by atoms with Gasteiger partial charge in [0.1, 0.15) is 6.17 Å². The van der Waals surface area contributed by atoms with Gasteiger partial charge in [0.05, 0.1) is 6.61 Å². The van der Waals surface area contributed by atoms with Gasteiger partial charge >= 0.3 is 0 Å². The fourth-order valence-electron chi connectivity index (χ4n) is 4.02. The van der Waals surface area contributed by atoms with Crippen LogP contribution < -0.4 is 5.32 Å². The summed E-state index contributed by atoms with van der Waals surface area (Å²) in [5, 5.41) is 5.31. The molecule has 1 unspecified atom stereocenters. The van der Waals surface area contributed by atoms with Crippen LogP contribution in [0.4, 0.5) is 0 Å². The number of benzene rings is 2. The highest BCUT2D eigenvalue weighted by Crippen LogP contribution is 2.34. The zero-order valence-electron chi connectivity index (χ0n) is 15.9. The summed E-state index contributed by atoms with van der Waals surface area (Å²) in [6, 6.07) is 18.3. The highest BCUT2D eigenvalue weighted by atomic mass is 79.9. The topological polar surface area (TPSA) is 44.8 Å². The van der Waals surface area contributed by atoms with E-state index in [1.165, 1.54) is 0 Å². The lowest BCUT2D eigenvalue weighted by atomic mass is 9.96. The molecule has 2 aliphatic heterocycles. The van der Waals surface area contributed by atoms with Crippen molar-refractivity contribution < 1.29 is 9.63 Å². The molecule has 6 heteroatoms. The van der Waals surface area contributed by atoms with Crippen molar-refractivity contribution in [3.63, 3.8) is 0 Å². The highest BCUT2D eigenvalue weighted by molar-refractivity contribution is 9.10. The van der Waals surface area contributed by atoms with Crippen molar-refractivity contribution in [2.45, 2.75) is 25.6 Å². The maximum absolute atomic E-state index is 13.3. The Morgan fingerprint density at radius 2 is 1.86 bits per heavy atom. The second-order valence-corrected chi connectivity index (χ2v) is 8.30. The molecule has 1 atom stereocenters. The number of piperidine rings is 1. The summed E-state index contributed by atoms with van der Waals surface area (Å²) in [6.07, 6.45) is 1.63.